The fourth-order valence-electron chi connectivity index (χ4n) is 3.11. The zero-order valence-corrected chi connectivity index (χ0v) is 13.0. The van der Waals surface area contributed by atoms with Crippen molar-refractivity contribution in [3.05, 3.63) is 0 Å². The Morgan fingerprint density at radius 3 is 2.30 bits per heavy atom. The summed E-state index contributed by atoms with van der Waals surface area (Å²) in [6, 6.07) is 0. The number of nitrogens with one attached hydrogen (secondary N) is 1. The average molecular weight is 294 g/mol. The van der Waals surface area contributed by atoms with Gasteiger partial charge in [0.25, 0.3) is 0 Å². The largest absolute Gasteiger partial charge is 0.390 e. The van der Waals surface area contributed by atoms with E-state index in [2.05, 4.69) is 19.2 Å². The van der Waals surface area contributed by atoms with Crippen molar-refractivity contribution in [1.82, 2.24) is 10.2 Å². The van der Waals surface area contributed by atoms with Gasteiger partial charge < -0.3 is 10.2 Å². The van der Waals surface area contributed by atoms with E-state index in [0.29, 0.717) is 5.92 Å². The van der Waals surface area contributed by atoms with Gasteiger partial charge in [-0.2, -0.15) is 13.2 Å². The van der Waals surface area contributed by atoms with Gasteiger partial charge in [0, 0.05) is 19.6 Å². The molecule has 0 unspecified atom stereocenters. The van der Waals surface area contributed by atoms with Crippen LogP contribution in [0.5, 0.6) is 0 Å². The van der Waals surface area contributed by atoms with Crippen LogP contribution in [0.1, 0.15) is 46.0 Å². The summed E-state index contributed by atoms with van der Waals surface area (Å²) in [4.78, 5) is 1.86. The third-order valence-electron chi connectivity index (χ3n) is 4.10. The summed E-state index contributed by atoms with van der Waals surface area (Å²) in [6.07, 6.45) is -0.0815. The van der Waals surface area contributed by atoms with E-state index in [4.69, 9.17) is 0 Å². The highest BCUT2D eigenvalue weighted by Crippen LogP contribution is 2.38. The zero-order valence-electron chi connectivity index (χ0n) is 13.0. The van der Waals surface area contributed by atoms with Crippen LogP contribution in [0.2, 0.25) is 0 Å². The standard InChI is InChI=1S/C15H29F3N2/c1-13(2)10-19-11-14(6-4-5-7-14)12-20(3)9-8-15(16,17)18/h13,19H,4-12H2,1-3H3. The second-order valence-corrected chi connectivity index (χ2v) is 6.83. The van der Waals surface area contributed by atoms with E-state index in [1.165, 1.54) is 12.8 Å². The highest BCUT2D eigenvalue weighted by atomic mass is 19.4. The fraction of sp³-hybridized carbons (Fsp3) is 1.00. The molecule has 1 N–H and O–H groups in total. The van der Waals surface area contributed by atoms with Crippen LogP contribution in [0.3, 0.4) is 0 Å². The van der Waals surface area contributed by atoms with Crippen molar-refractivity contribution >= 4 is 0 Å². The van der Waals surface area contributed by atoms with Gasteiger partial charge in [0.05, 0.1) is 6.42 Å². The monoisotopic (exact) mass is 294 g/mol. The van der Waals surface area contributed by atoms with Crippen LogP contribution >= 0.6 is 0 Å². The molecule has 1 aliphatic carbocycles. The molecule has 1 fully saturated rings. The van der Waals surface area contributed by atoms with Crippen LogP contribution in [0, 0.1) is 11.3 Å². The first-order chi connectivity index (χ1) is 9.22. The van der Waals surface area contributed by atoms with E-state index >= 15 is 0 Å². The van der Waals surface area contributed by atoms with Gasteiger partial charge in [-0.3, -0.25) is 0 Å². The number of alkyl halides is 3. The molecule has 0 aromatic heterocycles. The topological polar surface area (TPSA) is 15.3 Å². The minimum atomic E-state index is -4.05. The molecule has 0 heterocycles. The average Bonchev–Trinajstić information content (AvgIpc) is 2.74. The van der Waals surface area contributed by atoms with Crippen molar-refractivity contribution in [3.63, 3.8) is 0 Å². The summed E-state index contributed by atoms with van der Waals surface area (Å²) < 4.78 is 36.8. The van der Waals surface area contributed by atoms with Gasteiger partial charge in [-0.15, -0.1) is 0 Å². The number of hydrogen-bond acceptors (Lipinski definition) is 2. The van der Waals surface area contributed by atoms with Crippen molar-refractivity contribution in [2.75, 3.05) is 33.2 Å². The highest BCUT2D eigenvalue weighted by Gasteiger charge is 2.35. The van der Waals surface area contributed by atoms with Crippen molar-refractivity contribution in [2.24, 2.45) is 11.3 Å². The molecule has 1 aliphatic rings. The second-order valence-electron chi connectivity index (χ2n) is 6.83. The van der Waals surface area contributed by atoms with Crippen molar-refractivity contribution in [1.29, 1.82) is 0 Å². The summed E-state index contributed by atoms with van der Waals surface area (Å²) in [7, 11) is 1.81. The molecule has 0 atom stereocenters. The molecule has 0 saturated heterocycles. The molecule has 0 aromatic carbocycles. The molecule has 0 radical (unpaired) electrons. The molecule has 0 bridgehead atoms. The lowest BCUT2D eigenvalue weighted by molar-refractivity contribution is -0.138. The van der Waals surface area contributed by atoms with Gasteiger partial charge in [0.2, 0.25) is 0 Å². The van der Waals surface area contributed by atoms with E-state index in [1.807, 2.05) is 11.9 Å². The Balaban J connectivity index is 2.41. The summed E-state index contributed by atoms with van der Waals surface area (Å²) in [5.74, 6) is 0.608. The minimum absolute atomic E-state index is 0.107. The van der Waals surface area contributed by atoms with E-state index in [1.54, 1.807) is 0 Å². The first kappa shape index (κ1) is 17.8. The third-order valence-corrected chi connectivity index (χ3v) is 4.10. The third kappa shape index (κ3) is 6.93. The van der Waals surface area contributed by atoms with Gasteiger partial charge in [-0.05, 0) is 37.8 Å². The predicted octanol–water partition coefficient (Wildman–Crippen LogP) is 3.68. The number of nitrogens with zero attached hydrogens (tertiary/aromatic N) is 1. The van der Waals surface area contributed by atoms with Crippen molar-refractivity contribution in [3.8, 4) is 0 Å². The van der Waals surface area contributed by atoms with Crippen LogP contribution in [0.4, 0.5) is 13.2 Å². The van der Waals surface area contributed by atoms with Gasteiger partial charge in [-0.1, -0.05) is 26.7 Å². The minimum Gasteiger partial charge on any atom is -0.316 e. The smallest absolute Gasteiger partial charge is 0.316 e. The van der Waals surface area contributed by atoms with Gasteiger partial charge >= 0.3 is 6.18 Å². The quantitative estimate of drug-likeness (QED) is 0.734. The molecule has 20 heavy (non-hydrogen) atoms. The molecule has 0 aliphatic heterocycles. The van der Waals surface area contributed by atoms with Crippen LogP contribution in [0.15, 0.2) is 0 Å². The molecule has 0 aromatic rings. The summed E-state index contributed by atoms with van der Waals surface area (Å²) in [6.45, 7) is 7.13. The summed E-state index contributed by atoms with van der Waals surface area (Å²) >= 11 is 0. The Morgan fingerprint density at radius 1 is 1.20 bits per heavy atom. The second kappa shape index (κ2) is 7.64. The van der Waals surface area contributed by atoms with Crippen molar-refractivity contribution in [2.45, 2.75) is 52.1 Å². The van der Waals surface area contributed by atoms with Gasteiger partial charge in [0.15, 0.2) is 0 Å². The Bertz CT molecular complexity index is 271. The molecule has 0 amide bonds. The summed E-state index contributed by atoms with van der Waals surface area (Å²) in [5, 5.41) is 3.50. The first-order valence-electron chi connectivity index (χ1n) is 7.68. The molecule has 0 spiro atoms. The van der Waals surface area contributed by atoms with E-state index in [9.17, 15) is 13.2 Å². The Labute approximate surface area is 121 Å². The molecule has 5 heteroatoms. The Hall–Kier alpha value is -0.290. The molecule has 2 nitrogen and oxygen atoms in total. The van der Waals surface area contributed by atoms with Crippen LogP contribution in [-0.2, 0) is 0 Å². The Kier molecular flexibility index (Phi) is 6.79. The van der Waals surface area contributed by atoms with Crippen LogP contribution in [0.25, 0.3) is 0 Å². The SMILES string of the molecule is CC(C)CNCC1(CN(C)CCC(F)(F)F)CCCC1. The lowest BCUT2D eigenvalue weighted by Crippen LogP contribution is -2.42. The lowest BCUT2D eigenvalue weighted by atomic mass is 9.85. The fourth-order valence-corrected chi connectivity index (χ4v) is 3.11. The zero-order chi connectivity index (χ0) is 15.2. The normalized spacial score (nSPS) is 19.2. The maximum absolute atomic E-state index is 12.3. The maximum Gasteiger partial charge on any atom is 0.390 e. The van der Waals surface area contributed by atoms with Crippen LogP contribution < -0.4 is 5.32 Å². The molecular formula is C15H29F3N2. The number of rotatable bonds is 8. The van der Waals surface area contributed by atoms with Crippen molar-refractivity contribution < 1.29 is 13.2 Å². The van der Waals surface area contributed by atoms with Gasteiger partial charge in [0.1, 0.15) is 0 Å². The highest BCUT2D eigenvalue weighted by molar-refractivity contribution is 4.89. The Morgan fingerprint density at radius 2 is 1.80 bits per heavy atom. The van der Waals surface area contributed by atoms with Gasteiger partial charge in [-0.25, -0.2) is 0 Å². The van der Waals surface area contributed by atoms with E-state index in [0.717, 1.165) is 32.5 Å². The molecular weight excluding hydrogens is 265 g/mol. The first-order valence-corrected chi connectivity index (χ1v) is 7.68. The number of halogens is 3. The molecule has 1 saturated carbocycles. The molecule has 1 rings (SSSR count). The van der Waals surface area contributed by atoms with Crippen LogP contribution in [-0.4, -0.2) is 44.3 Å². The van der Waals surface area contributed by atoms with E-state index < -0.39 is 12.6 Å². The summed E-state index contributed by atoms with van der Waals surface area (Å²) in [5.41, 5.74) is 0.176. The molecule has 120 valence electrons. The predicted molar refractivity (Wildman–Crippen MR) is 76.8 cm³/mol. The lowest BCUT2D eigenvalue weighted by Gasteiger charge is -2.34. The number of hydrogen-bond donors (Lipinski definition) is 1. The van der Waals surface area contributed by atoms with E-state index in [-0.39, 0.29) is 12.0 Å². The maximum atomic E-state index is 12.3.